The summed E-state index contributed by atoms with van der Waals surface area (Å²) in [4.78, 5) is 15.4. The zero-order chi connectivity index (χ0) is 11.8. The fourth-order valence-corrected chi connectivity index (χ4v) is 1.72. The minimum absolute atomic E-state index is 0.0493. The Kier molecular flexibility index (Phi) is 2.64. The third-order valence-electron chi connectivity index (χ3n) is 1.99. The Labute approximate surface area is 95.7 Å². The number of rotatable bonds is 3. The molecule has 2 rings (SSSR count). The second-order valence-corrected chi connectivity index (χ2v) is 4.89. The summed E-state index contributed by atoms with van der Waals surface area (Å²) in [6, 6.07) is 0. The summed E-state index contributed by atoms with van der Waals surface area (Å²) in [5.41, 5.74) is 5.18. The number of nitrogens with zero attached hydrogens (tertiary/aromatic N) is 3. The van der Waals surface area contributed by atoms with Crippen molar-refractivity contribution in [3.8, 4) is 0 Å². The maximum atomic E-state index is 11.3. The van der Waals surface area contributed by atoms with E-state index in [9.17, 15) is 4.79 Å². The molecule has 0 aliphatic rings. The van der Waals surface area contributed by atoms with Gasteiger partial charge in [0.05, 0.1) is 5.54 Å². The first kappa shape index (κ1) is 11.0. The lowest BCUT2D eigenvalue weighted by atomic mass is 10.1. The van der Waals surface area contributed by atoms with E-state index in [1.54, 1.807) is 25.4 Å². The van der Waals surface area contributed by atoms with Crippen molar-refractivity contribution in [1.29, 1.82) is 0 Å². The van der Waals surface area contributed by atoms with E-state index in [1.807, 2.05) is 0 Å². The van der Waals surface area contributed by atoms with Crippen LogP contribution in [-0.2, 0) is 12.1 Å². The quantitative estimate of drug-likeness (QED) is 0.845. The lowest BCUT2D eigenvalue weighted by Gasteiger charge is -2.11. The smallest absolute Gasteiger partial charge is 0.307 e. The van der Waals surface area contributed by atoms with Crippen molar-refractivity contribution < 1.29 is 4.52 Å². The molecular weight excluding hydrogens is 228 g/mol. The molecule has 0 radical (unpaired) electrons. The van der Waals surface area contributed by atoms with Gasteiger partial charge in [-0.3, -0.25) is 9.36 Å². The van der Waals surface area contributed by atoms with Crippen molar-refractivity contribution >= 4 is 11.3 Å². The fourth-order valence-electron chi connectivity index (χ4n) is 1.13. The maximum absolute atomic E-state index is 11.3. The zero-order valence-corrected chi connectivity index (χ0v) is 9.82. The maximum Gasteiger partial charge on any atom is 0.307 e. The summed E-state index contributed by atoms with van der Waals surface area (Å²) in [5.74, 6) is 0.819. The number of hydrogen-bond acceptors (Lipinski definition) is 6. The van der Waals surface area contributed by atoms with Crippen LogP contribution in [0.3, 0.4) is 0 Å². The van der Waals surface area contributed by atoms with Crippen molar-refractivity contribution in [1.82, 2.24) is 14.7 Å². The molecule has 7 heteroatoms. The summed E-state index contributed by atoms with van der Waals surface area (Å²) in [5, 5.41) is 5.49. The second kappa shape index (κ2) is 3.84. The van der Waals surface area contributed by atoms with Gasteiger partial charge in [-0.2, -0.15) is 4.98 Å². The number of aromatic nitrogens is 3. The van der Waals surface area contributed by atoms with Crippen molar-refractivity contribution in [3.63, 3.8) is 0 Å². The Bertz CT molecular complexity index is 534. The van der Waals surface area contributed by atoms with Crippen LogP contribution < -0.4 is 10.6 Å². The molecule has 0 bridgehead atoms. The molecule has 2 heterocycles. The van der Waals surface area contributed by atoms with Crippen LogP contribution in [0.15, 0.2) is 20.9 Å². The SMILES string of the molecule is CC(C)(N)c1noc(Cn2ccsc2=O)n1. The lowest BCUT2D eigenvalue weighted by molar-refractivity contribution is 0.354. The average molecular weight is 240 g/mol. The summed E-state index contributed by atoms with van der Waals surface area (Å²) in [6.45, 7) is 3.86. The number of hydrogen-bond donors (Lipinski definition) is 1. The van der Waals surface area contributed by atoms with Crippen molar-refractivity contribution in [2.45, 2.75) is 25.9 Å². The average Bonchev–Trinajstić information content (AvgIpc) is 2.76. The first-order chi connectivity index (χ1) is 7.47. The minimum atomic E-state index is -0.638. The molecule has 0 aliphatic carbocycles. The van der Waals surface area contributed by atoms with Gasteiger partial charge in [-0.15, -0.1) is 0 Å². The molecule has 0 saturated heterocycles. The molecule has 0 aliphatic heterocycles. The van der Waals surface area contributed by atoms with Gasteiger partial charge in [0.25, 0.3) is 0 Å². The summed E-state index contributed by atoms with van der Waals surface area (Å²) < 4.78 is 6.53. The predicted molar refractivity (Wildman–Crippen MR) is 59.2 cm³/mol. The van der Waals surface area contributed by atoms with Gasteiger partial charge in [-0.05, 0) is 13.8 Å². The van der Waals surface area contributed by atoms with Crippen LogP contribution in [0.1, 0.15) is 25.6 Å². The number of thiazole rings is 1. The molecule has 0 fully saturated rings. The highest BCUT2D eigenvalue weighted by Gasteiger charge is 2.21. The Morgan fingerprint density at radius 1 is 1.62 bits per heavy atom. The topological polar surface area (TPSA) is 86.9 Å². The highest BCUT2D eigenvalue weighted by molar-refractivity contribution is 7.07. The minimum Gasteiger partial charge on any atom is -0.337 e. The van der Waals surface area contributed by atoms with Gasteiger partial charge in [0, 0.05) is 11.6 Å². The van der Waals surface area contributed by atoms with E-state index < -0.39 is 5.54 Å². The largest absolute Gasteiger partial charge is 0.337 e. The van der Waals surface area contributed by atoms with Crippen LogP contribution in [0.25, 0.3) is 0 Å². The first-order valence-corrected chi connectivity index (χ1v) is 5.60. The Hall–Kier alpha value is -1.47. The van der Waals surface area contributed by atoms with Gasteiger partial charge in [0.1, 0.15) is 6.54 Å². The van der Waals surface area contributed by atoms with Crippen LogP contribution in [-0.4, -0.2) is 14.7 Å². The summed E-state index contributed by atoms with van der Waals surface area (Å²) >= 11 is 1.13. The molecule has 0 amide bonds. The summed E-state index contributed by atoms with van der Waals surface area (Å²) in [6.07, 6.45) is 1.68. The molecule has 2 N–H and O–H groups in total. The summed E-state index contributed by atoms with van der Waals surface area (Å²) in [7, 11) is 0. The van der Waals surface area contributed by atoms with Gasteiger partial charge in [0.2, 0.25) is 5.89 Å². The Morgan fingerprint density at radius 2 is 2.38 bits per heavy atom. The van der Waals surface area contributed by atoms with E-state index in [4.69, 9.17) is 10.3 Å². The van der Waals surface area contributed by atoms with Gasteiger partial charge in [-0.25, -0.2) is 0 Å². The molecule has 86 valence electrons. The molecule has 0 saturated carbocycles. The lowest BCUT2D eigenvalue weighted by Crippen LogP contribution is -2.30. The monoisotopic (exact) mass is 240 g/mol. The van der Waals surface area contributed by atoms with Gasteiger partial charge in [-0.1, -0.05) is 16.5 Å². The molecule has 2 aromatic rings. The number of nitrogens with two attached hydrogens (primary N) is 1. The molecule has 0 spiro atoms. The normalized spacial score (nSPS) is 11.9. The fraction of sp³-hybridized carbons (Fsp3) is 0.444. The molecule has 0 aromatic carbocycles. The van der Waals surface area contributed by atoms with E-state index in [0.717, 1.165) is 11.3 Å². The highest BCUT2D eigenvalue weighted by atomic mass is 32.1. The van der Waals surface area contributed by atoms with Crippen LogP contribution in [0.5, 0.6) is 0 Å². The standard InChI is InChI=1S/C9H12N4O2S/c1-9(2,10)7-11-6(15-12-7)5-13-3-4-16-8(13)14/h3-4H,5,10H2,1-2H3. The molecule has 0 atom stereocenters. The van der Waals surface area contributed by atoms with Gasteiger partial charge in [0.15, 0.2) is 5.82 Å². The Balaban J connectivity index is 2.21. The Morgan fingerprint density at radius 3 is 2.88 bits per heavy atom. The highest BCUT2D eigenvalue weighted by Crippen LogP contribution is 2.12. The predicted octanol–water partition coefficient (Wildman–Crippen LogP) is 0.535. The van der Waals surface area contributed by atoms with Crippen molar-refractivity contribution in [2.24, 2.45) is 5.73 Å². The first-order valence-electron chi connectivity index (χ1n) is 4.73. The van der Waals surface area contributed by atoms with Gasteiger partial charge >= 0.3 is 4.87 Å². The second-order valence-electron chi connectivity index (χ2n) is 4.03. The van der Waals surface area contributed by atoms with Crippen LogP contribution in [0.4, 0.5) is 0 Å². The van der Waals surface area contributed by atoms with E-state index in [-0.39, 0.29) is 11.4 Å². The third-order valence-corrected chi connectivity index (χ3v) is 2.69. The van der Waals surface area contributed by atoms with E-state index >= 15 is 0 Å². The molecular formula is C9H12N4O2S. The van der Waals surface area contributed by atoms with Crippen LogP contribution in [0.2, 0.25) is 0 Å². The molecule has 16 heavy (non-hydrogen) atoms. The molecule has 6 nitrogen and oxygen atoms in total. The van der Waals surface area contributed by atoms with E-state index in [2.05, 4.69) is 10.1 Å². The molecule has 0 unspecified atom stereocenters. The third kappa shape index (κ3) is 2.20. The van der Waals surface area contributed by atoms with E-state index in [1.165, 1.54) is 4.57 Å². The van der Waals surface area contributed by atoms with Crippen molar-refractivity contribution in [2.75, 3.05) is 0 Å². The zero-order valence-electron chi connectivity index (χ0n) is 9.01. The van der Waals surface area contributed by atoms with Crippen LogP contribution in [0, 0.1) is 0 Å². The van der Waals surface area contributed by atoms with Crippen molar-refractivity contribution in [3.05, 3.63) is 33.0 Å². The van der Waals surface area contributed by atoms with E-state index in [0.29, 0.717) is 11.7 Å². The van der Waals surface area contributed by atoms with Gasteiger partial charge < -0.3 is 10.3 Å². The van der Waals surface area contributed by atoms with Crippen LogP contribution >= 0.6 is 11.3 Å². The molecule has 2 aromatic heterocycles.